The molecule has 0 amide bonds. The van der Waals surface area contributed by atoms with Gasteiger partial charge in [0.1, 0.15) is 0 Å². The number of carbonyl (C=O) groups is 1. The van der Waals surface area contributed by atoms with E-state index in [0.717, 1.165) is 5.56 Å². The zero-order valence-electron chi connectivity index (χ0n) is 8.82. The Hall–Kier alpha value is -1.82. The SMILES string of the molecule is CCC(C)(C(=O)O)c1ccc(C#N)cc1. The smallest absolute Gasteiger partial charge is 0.313 e. The molecule has 1 unspecified atom stereocenters. The van der Waals surface area contributed by atoms with Crippen LogP contribution in [-0.2, 0) is 10.2 Å². The van der Waals surface area contributed by atoms with Crippen molar-refractivity contribution in [2.75, 3.05) is 0 Å². The molecule has 1 atom stereocenters. The minimum Gasteiger partial charge on any atom is -0.481 e. The summed E-state index contributed by atoms with van der Waals surface area (Å²) in [4.78, 5) is 11.1. The van der Waals surface area contributed by atoms with Gasteiger partial charge in [0.2, 0.25) is 0 Å². The summed E-state index contributed by atoms with van der Waals surface area (Å²) in [5.74, 6) is -0.838. The van der Waals surface area contributed by atoms with Gasteiger partial charge in [0.15, 0.2) is 0 Å². The number of carboxylic acids is 1. The molecule has 1 N–H and O–H groups in total. The second-order valence-electron chi connectivity index (χ2n) is 3.68. The van der Waals surface area contributed by atoms with Gasteiger partial charge in [-0.25, -0.2) is 0 Å². The molecule has 0 saturated carbocycles. The normalized spacial score (nSPS) is 13.9. The molecule has 1 aromatic carbocycles. The average Bonchev–Trinajstić information content (AvgIpc) is 2.28. The fourth-order valence-corrected chi connectivity index (χ4v) is 1.39. The van der Waals surface area contributed by atoms with Crippen molar-refractivity contribution in [3.05, 3.63) is 35.4 Å². The molecule has 1 aromatic rings. The molecule has 0 spiro atoms. The highest BCUT2D eigenvalue weighted by Gasteiger charge is 2.32. The van der Waals surface area contributed by atoms with E-state index in [9.17, 15) is 4.79 Å². The number of hydrogen-bond donors (Lipinski definition) is 1. The molecular formula is C12H13NO2. The number of nitriles is 1. The fourth-order valence-electron chi connectivity index (χ4n) is 1.39. The van der Waals surface area contributed by atoms with Gasteiger partial charge in [-0.05, 0) is 31.0 Å². The zero-order valence-corrected chi connectivity index (χ0v) is 8.82. The number of rotatable bonds is 3. The van der Waals surface area contributed by atoms with Crippen LogP contribution in [0, 0.1) is 11.3 Å². The van der Waals surface area contributed by atoms with Crippen LogP contribution in [0.2, 0.25) is 0 Å². The fraction of sp³-hybridized carbons (Fsp3) is 0.333. The average molecular weight is 203 g/mol. The van der Waals surface area contributed by atoms with Gasteiger partial charge in [0.25, 0.3) is 0 Å². The van der Waals surface area contributed by atoms with Crippen LogP contribution in [0.15, 0.2) is 24.3 Å². The number of nitrogens with zero attached hydrogens (tertiary/aromatic N) is 1. The Morgan fingerprint density at radius 3 is 2.33 bits per heavy atom. The lowest BCUT2D eigenvalue weighted by atomic mass is 9.80. The summed E-state index contributed by atoms with van der Waals surface area (Å²) in [5, 5.41) is 17.8. The van der Waals surface area contributed by atoms with Crippen molar-refractivity contribution in [3.8, 4) is 6.07 Å². The van der Waals surface area contributed by atoms with Crippen LogP contribution in [-0.4, -0.2) is 11.1 Å². The molecule has 0 aliphatic carbocycles. The molecule has 0 aromatic heterocycles. The second kappa shape index (κ2) is 4.14. The van der Waals surface area contributed by atoms with Crippen LogP contribution in [0.25, 0.3) is 0 Å². The van der Waals surface area contributed by atoms with Crippen molar-refractivity contribution in [3.63, 3.8) is 0 Å². The van der Waals surface area contributed by atoms with Gasteiger partial charge in [-0.15, -0.1) is 0 Å². The van der Waals surface area contributed by atoms with E-state index in [2.05, 4.69) is 0 Å². The molecule has 0 radical (unpaired) electrons. The summed E-state index contributed by atoms with van der Waals surface area (Å²) in [6, 6.07) is 8.70. The van der Waals surface area contributed by atoms with Crippen LogP contribution in [0.1, 0.15) is 31.4 Å². The van der Waals surface area contributed by atoms with E-state index in [1.54, 1.807) is 31.2 Å². The first kappa shape index (κ1) is 11.3. The monoisotopic (exact) mass is 203 g/mol. The lowest BCUT2D eigenvalue weighted by Gasteiger charge is -2.23. The topological polar surface area (TPSA) is 61.1 Å². The maximum absolute atomic E-state index is 11.1. The summed E-state index contributed by atoms with van der Waals surface area (Å²) < 4.78 is 0. The largest absolute Gasteiger partial charge is 0.481 e. The lowest BCUT2D eigenvalue weighted by molar-refractivity contribution is -0.143. The highest BCUT2D eigenvalue weighted by Crippen LogP contribution is 2.27. The standard InChI is InChI=1S/C12H13NO2/c1-3-12(2,11(14)15)10-6-4-9(8-13)5-7-10/h4-7H,3H2,1-2H3,(H,14,15). The van der Waals surface area contributed by atoms with Gasteiger partial charge in [-0.1, -0.05) is 19.1 Å². The van der Waals surface area contributed by atoms with Crippen LogP contribution in [0.4, 0.5) is 0 Å². The van der Waals surface area contributed by atoms with Crippen LogP contribution in [0.5, 0.6) is 0 Å². The molecule has 0 heterocycles. The number of aliphatic carboxylic acids is 1. The Balaban J connectivity index is 3.15. The third-order valence-electron chi connectivity index (χ3n) is 2.83. The van der Waals surface area contributed by atoms with Crippen LogP contribution in [0.3, 0.4) is 0 Å². The van der Waals surface area contributed by atoms with Gasteiger partial charge in [0.05, 0.1) is 17.0 Å². The van der Waals surface area contributed by atoms with E-state index >= 15 is 0 Å². The summed E-state index contributed by atoms with van der Waals surface area (Å²) in [6.45, 7) is 3.53. The third kappa shape index (κ3) is 1.99. The first-order valence-electron chi connectivity index (χ1n) is 4.78. The quantitative estimate of drug-likeness (QED) is 0.819. The summed E-state index contributed by atoms with van der Waals surface area (Å²) in [5.41, 5.74) is 0.410. The number of hydrogen-bond acceptors (Lipinski definition) is 2. The molecule has 0 saturated heterocycles. The Kier molecular flexibility index (Phi) is 3.11. The second-order valence-corrected chi connectivity index (χ2v) is 3.68. The van der Waals surface area contributed by atoms with Gasteiger partial charge in [-0.3, -0.25) is 4.79 Å². The molecular weight excluding hydrogens is 190 g/mol. The highest BCUT2D eigenvalue weighted by atomic mass is 16.4. The molecule has 1 rings (SSSR count). The van der Waals surface area contributed by atoms with Gasteiger partial charge < -0.3 is 5.11 Å². The van der Waals surface area contributed by atoms with Gasteiger partial charge >= 0.3 is 5.97 Å². The van der Waals surface area contributed by atoms with E-state index in [0.29, 0.717) is 12.0 Å². The van der Waals surface area contributed by atoms with Crippen molar-refractivity contribution in [2.24, 2.45) is 0 Å². The number of benzene rings is 1. The molecule has 0 aliphatic rings. The third-order valence-corrected chi connectivity index (χ3v) is 2.83. The predicted molar refractivity (Wildman–Crippen MR) is 56.4 cm³/mol. The van der Waals surface area contributed by atoms with Crippen LogP contribution < -0.4 is 0 Å². The molecule has 3 nitrogen and oxygen atoms in total. The van der Waals surface area contributed by atoms with Gasteiger partial charge in [0, 0.05) is 0 Å². The van der Waals surface area contributed by atoms with Crippen LogP contribution >= 0.6 is 0 Å². The van der Waals surface area contributed by atoms with Crippen molar-refractivity contribution < 1.29 is 9.90 Å². The summed E-state index contributed by atoms with van der Waals surface area (Å²) in [6.07, 6.45) is 0.522. The van der Waals surface area contributed by atoms with E-state index < -0.39 is 11.4 Å². The summed E-state index contributed by atoms with van der Waals surface area (Å²) >= 11 is 0. The summed E-state index contributed by atoms with van der Waals surface area (Å²) in [7, 11) is 0. The van der Waals surface area contributed by atoms with Crippen molar-refractivity contribution >= 4 is 5.97 Å². The molecule has 3 heteroatoms. The van der Waals surface area contributed by atoms with Crippen molar-refractivity contribution in [1.29, 1.82) is 5.26 Å². The van der Waals surface area contributed by atoms with E-state index in [1.165, 1.54) is 0 Å². The first-order chi connectivity index (χ1) is 7.04. The zero-order chi connectivity index (χ0) is 11.5. The Morgan fingerprint density at radius 1 is 1.47 bits per heavy atom. The maximum Gasteiger partial charge on any atom is 0.313 e. The number of carboxylic acid groups (broad SMARTS) is 1. The van der Waals surface area contributed by atoms with Crippen molar-refractivity contribution in [1.82, 2.24) is 0 Å². The Morgan fingerprint density at radius 2 is 2.00 bits per heavy atom. The maximum atomic E-state index is 11.1. The molecule has 0 bridgehead atoms. The lowest BCUT2D eigenvalue weighted by Crippen LogP contribution is -2.31. The minimum atomic E-state index is -0.867. The first-order valence-corrected chi connectivity index (χ1v) is 4.78. The molecule has 78 valence electrons. The van der Waals surface area contributed by atoms with E-state index in [4.69, 9.17) is 10.4 Å². The highest BCUT2D eigenvalue weighted by molar-refractivity contribution is 5.80. The minimum absolute atomic E-state index is 0.522. The van der Waals surface area contributed by atoms with Crippen molar-refractivity contribution in [2.45, 2.75) is 25.7 Å². The van der Waals surface area contributed by atoms with E-state index in [1.807, 2.05) is 13.0 Å². The van der Waals surface area contributed by atoms with Gasteiger partial charge in [-0.2, -0.15) is 5.26 Å². The Bertz CT molecular complexity index is 403. The molecule has 15 heavy (non-hydrogen) atoms. The Labute approximate surface area is 89.0 Å². The molecule has 0 fully saturated rings. The predicted octanol–water partition coefficient (Wildman–Crippen LogP) is 2.31. The van der Waals surface area contributed by atoms with E-state index in [-0.39, 0.29) is 0 Å². The molecule has 0 aliphatic heterocycles.